The van der Waals surface area contributed by atoms with Crippen molar-refractivity contribution < 1.29 is 29.3 Å². The Bertz CT molecular complexity index is 873. The highest BCUT2D eigenvalue weighted by Crippen LogP contribution is 2.70. The number of rotatable bonds is 2. The number of hydrogen-bond acceptors (Lipinski definition) is 6. The lowest BCUT2D eigenvalue weighted by Crippen LogP contribution is -2.63. The van der Waals surface area contributed by atoms with Gasteiger partial charge in [-0.25, -0.2) is 0 Å². The maximum absolute atomic E-state index is 13.2. The second-order valence-electron chi connectivity index (χ2n) is 10.9. The fraction of sp³-hybridized carbons (Fsp3) is 0.750. The second kappa shape index (κ2) is 6.12. The molecule has 0 aromatic carbocycles. The van der Waals surface area contributed by atoms with Crippen molar-refractivity contribution in [3.63, 3.8) is 0 Å². The molecule has 164 valence electrons. The van der Waals surface area contributed by atoms with Crippen LogP contribution in [0.5, 0.6) is 0 Å². The fourth-order valence-corrected chi connectivity index (χ4v) is 8.04. The summed E-state index contributed by atoms with van der Waals surface area (Å²) in [5.41, 5.74) is -1.12. The van der Waals surface area contributed by atoms with Crippen LogP contribution in [-0.4, -0.2) is 52.0 Å². The predicted molar refractivity (Wildman–Crippen MR) is 108 cm³/mol. The normalized spacial score (nSPS) is 50.9. The van der Waals surface area contributed by atoms with Gasteiger partial charge in [0.2, 0.25) is 0 Å². The van der Waals surface area contributed by atoms with Crippen LogP contribution < -0.4 is 0 Å². The molecule has 0 spiro atoms. The molecule has 8 atom stereocenters. The lowest BCUT2D eigenvalue weighted by atomic mass is 9.46. The second-order valence-corrected chi connectivity index (χ2v) is 10.9. The van der Waals surface area contributed by atoms with Gasteiger partial charge in [-0.05, 0) is 63.5 Å². The summed E-state index contributed by atoms with van der Waals surface area (Å²) in [5, 5.41) is 21.3. The van der Waals surface area contributed by atoms with Crippen LogP contribution in [0.3, 0.4) is 0 Å². The van der Waals surface area contributed by atoms with E-state index in [4.69, 9.17) is 9.47 Å². The Kier molecular flexibility index (Phi) is 4.20. The lowest BCUT2D eigenvalue weighted by molar-refractivity contribution is -0.225. The van der Waals surface area contributed by atoms with E-state index in [0.29, 0.717) is 12.8 Å². The van der Waals surface area contributed by atoms with Crippen molar-refractivity contribution >= 4 is 11.6 Å². The molecule has 0 aromatic rings. The molecule has 0 radical (unpaired) electrons. The van der Waals surface area contributed by atoms with Crippen molar-refractivity contribution in [2.24, 2.45) is 28.6 Å². The third kappa shape index (κ3) is 2.34. The summed E-state index contributed by atoms with van der Waals surface area (Å²) in [7, 11) is 0. The number of fused-ring (bicyclic) bond motifs is 7. The SMILES string of the molecule is CC1(C)O[C@H]2C[C@H]3[C@@H]4CCC5=CC(=O)C=C[C@]5(C)[C@H]4[C@@H](O)C[C@@]3(C)[C@@]2(C(=O)CO)O1. The van der Waals surface area contributed by atoms with Crippen molar-refractivity contribution in [1.82, 2.24) is 0 Å². The van der Waals surface area contributed by atoms with Gasteiger partial charge in [0.25, 0.3) is 0 Å². The van der Waals surface area contributed by atoms with Crippen molar-refractivity contribution in [3.05, 3.63) is 23.8 Å². The first-order valence-corrected chi connectivity index (χ1v) is 11.1. The van der Waals surface area contributed by atoms with E-state index in [2.05, 4.69) is 6.92 Å². The fourth-order valence-electron chi connectivity index (χ4n) is 8.04. The molecule has 1 aliphatic heterocycles. The number of hydrogen-bond donors (Lipinski definition) is 2. The summed E-state index contributed by atoms with van der Waals surface area (Å²) < 4.78 is 12.6. The molecule has 6 heteroatoms. The molecular weight excluding hydrogens is 384 g/mol. The van der Waals surface area contributed by atoms with Gasteiger partial charge >= 0.3 is 0 Å². The average molecular weight is 417 g/mol. The number of Topliss-reactive ketones (excluding diaryl/α,β-unsaturated/α-hetero) is 1. The number of allylic oxidation sites excluding steroid dienone is 4. The van der Waals surface area contributed by atoms with Crippen molar-refractivity contribution in [2.75, 3.05) is 6.61 Å². The minimum atomic E-state index is -1.24. The Morgan fingerprint density at radius 3 is 2.70 bits per heavy atom. The van der Waals surface area contributed by atoms with E-state index in [9.17, 15) is 19.8 Å². The minimum absolute atomic E-state index is 0.0167. The summed E-state index contributed by atoms with van der Waals surface area (Å²) in [6.45, 7) is 7.19. The van der Waals surface area contributed by atoms with Gasteiger partial charge in [0.05, 0.1) is 12.2 Å². The van der Waals surface area contributed by atoms with Crippen molar-refractivity contribution in [2.45, 2.75) is 77.0 Å². The molecular formula is C24H32O6. The van der Waals surface area contributed by atoms with Gasteiger partial charge in [0.1, 0.15) is 6.61 Å². The molecule has 30 heavy (non-hydrogen) atoms. The summed E-state index contributed by atoms with van der Waals surface area (Å²) in [6, 6.07) is 0. The van der Waals surface area contributed by atoms with E-state index in [1.54, 1.807) is 26.0 Å². The van der Waals surface area contributed by atoms with Crippen LogP contribution in [0, 0.1) is 28.6 Å². The van der Waals surface area contributed by atoms with Gasteiger partial charge in [0, 0.05) is 16.7 Å². The van der Waals surface area contributed by atoms with E-state index in [1.807, 2.05) is 13.0 Å². The van der Waals surface area contributed by atoms with Crippen LogP contribution in [-0.2, 0) is 19.1 Å². The van der Waals surface area contributed by atoms with Crippen molar-refractivity contribution in [3.8, 4) is 0 Å². The van der Waals surface area contributed by atoms with Crippen LogP contribution in [0.4, 0.5) is 0 Å². The maximum Gasteiger partial charge on any atom is 0.193 e. The van der Waals surface area contributed by atoms with Crippen LogP contribution in [0.25, 0.3) is 0 Å². The molecule has 4 fully saturated rings. The predicted octanol–water partition coefficient (Wildman–Crippen LogP) is 2.33. The van der Waals surface area contributed by atoms with Crippen LogP contribution >= 0.6 is 0 Å². The summed E-state index contributed by atoms with van der Waals surface area (Å²) in [6.07, 6.45) is 7.04. The Labute approximate surface area is 177 Å². The number of carbonyl (C=O) groups is 2. The molecule has 3 saturated carbocycles. The largest absolute Gasteiger partial charge is 0.393 e. The zero-order valence-electron chi connectivity index (χ0n) is 18.2. The summed E-state index contributed by atoms with van der Waals surface area (Å²) >= 11 is 0. The number of aliphatic hydroxyl groups is 2. The smallest absolute Gasteiger partial charge is 0.193 e. The topological polar surface area (TPSA) is 93.1 Å². The standard InChI is InChI=1S/C24H32O6/c1-21(2)29-19-10-16-15-6-5-13-9-14(26)7-8-22(13,3)20(15)17(27)11-23(16,4)24(19,30-21)18(28)12-25/h7-9,15-17,19-20,25,27H,5-6,10-12H2,1-4H3/t15-,16-,17-,19-,20+,22-,23+,24-/m0/s1. The first kappa shape index (κ1) is 20.6. The molecule has 6 nitrogen and oxygen atoms in total. The highest BCUT2D eigenvalue weighted by atomic mass is 16.8. The Hall–Kier alpha value is -1.34. The van der Waals surface area contributed by atoms with E-state index < -0.39 is 35.6 Å². The highest BCUT2D eigenvalue weighted by Gasteiger charge is 2.76. The van der Waals surface area contributed by atoms with Crippen LogP contribution in [0.15, 0.2) is 23.8 Å². The molecule has 0 bridgehead atoms. The number of ketones is 2. The first-order chi connectivity index (χ1) is 14.0. The molecule has 5 aliphatic rings. The zero-order valence-corrected chi connectivity index (χ0v) is 18.2. The molecule has 5 rings (SSSR count). The number of carbonyl (C=O) groups excluding carboxylic acids is 2. The Morgan fingerprint density at radius 2 is 2.00 bits per heavy atom. The lowest BCUT2D eigenvalue weighted by Gasteiger charge is -2.59. The van der Waals surface area contributed by atoms with Crippen LogP contribution in [0.2, 0.25) is 0 Å². The van der Waals surface area contributed by atoms with Gasteiger partial charge in [-0.2, -0.15) is 0 Å². The maximum atomic E-state index is 13.2. The molecule has 4 aliphatic carbocycles. The Morgan fingerprint density at radius 1 is 1.27 bits per heavy atom. The van der Waals surface area contributed by atoms with E-state index >= 15 is 0 Å². The zero-order chi connectivity index (χ0) is 21.7. The minimum Gasteiger partial charge on any atom is -0.393 e. The molecule has 1 saturated heterocycles. The summed E-state index contributed by atoms with van der Waals surface area (Å²) in [5.74, 6) is -0.947. The third-order valence-electron chi connectivity index (χ3n) is 9.05. The van der Waals surface area contributed by atoms with E-state index in [0.717, 1.165) is 18.4 Å². The number of ether oxygens (including phenoxy) is 2. The molecule has 1 heterocycles. The first-order valence-electron chi connectivity index (χ1n) is 11.1. The van der Waals surface area contributed by atoms with E-state index in [1.165, 1.54) is 0 Å². The van der Waals surface area contributed by atoms with Crippen LogP contribution in [0.1, 0.15) is 53.4 Å². The number of aliphatic hydroxyl groups excluding tert-OH is 2. The van der Waals surface area contributed by atoms with Gasteiger partial charge in [0.15, 0.2) is 23.0 Å². The molecule has 0 amide bonds. The van der Waals surface area contributed by atoms with Gasteiger partial charge in [-0.1, -0.05) is 25.5 Å². The van der Waals surface area contributed by atoms with Gasteiger partial charge < -0.3 is 19.7 Å². The quantitative estimate of drug-likeness (QED) is 0.718. The monoisotopic (exact) mass is 416 g/mol. The van der Waals surface area contributed by atoms with Gasteiger partial charge in [-0.15, -0.1) is 0 Å². The summed E-state index contributed by atoms with van der Waals surface area (Å²) in [4.78, 5) is 25.1. The van der Waals surface area contributed by atoms with Crippen molar-refractivity contribution in [1.29, 1.82) is 0 Å². The highest BCUT2D eigenvalue weighted by molar-refractivity contribution is 6.01. The average Bonchev–Trinajstić information content (AvgIpc) is 3.07. The molecule has 2 N–H and O–H groups in total. The Balaban J connectivity index is 1.59. The molecule has 0 unspecified atom stereocenters. The van der Waals surface area contributed by atoms with E-state index in [-0.39, 0.29) is 34.7 Å². The third-order valence-corrected chi connectivity index (χ3v) is 9.05. The molecule has 0 aromatic heterocycles. The van der Waals surface area contributed by atoms with Gasteiger partial charge in [-0.3, -0.25) is 9.59 Å².